The quantitative estimate of drug-likeness (QED) is 0.293. The van der Waals surface area contributed by atoms with E-state index >= 15 is 0 Å². The molecule has 20 heavy (non-hydrogen) atoms. The standard InChI is InChI=1S/C12H22N4O4/c1-4-12(2,9(13)15-19)10(17)16-6-5-8(7-16)14-11(18)20-3/h8,19H,4-7H2,1-3H3,(H2,13,15)(H,14,18). The van der Waals surface area contributed by atoms with E-state index in [9.17, 15) is 9.59 Å². The summed E-state index contributed by atoms with van der Waals surface area (Å²) in [6, 6.07) is -0.139. The van der Waals surface area contributed by atoms with Gasteiger partial charge in [-0.2, -0.15) is 0 Å². The van der Waals surface area contributed by atoms with E-state index < -0.39 is 11.5 Å². The average Bonchev–Trinajstić information content (AvgIpc) is 2.92. The molecule has 1 aliphatic heterocycles. The van der Waals surface area contributed by atoms with Gasteiger partial charge in [-0.3, -0.25) is 4.79 Å². The smallest absolute Gasteiger partial charge is 0.407 e. The second-order valence-corrected chi connectivity index (χ2v) is 5.04. The van der Waals surface area contributed by atoms with Crippen LogP contribution in [0.4, 0.5) is 4.79 Å². The average molecular weight is 286 g/mol. The zero-order valence-corrected chi connectivity index (χ0v) is 12.0. The lowest BCUT2D eigenvalue weighted by atomic mass is 9.84. The molecule has 1 aliphatic rings. The molecule has 0 radical (unpaired) electrons. The summed E-state index contributed by atoms with van der Waals surface area (Å²) >= 11 is 0. The van der Waals surface area contributed by atoms with Crippen LogP contribution in [0.5, 0.6) is 0 Å². The van der Waals surface area contributed by atoms with E-state index in [0.29, 0.717) is 25.9 Å². The van der Waals surface area contributed by atoms with Crippen molar-refractivity contribution in [3.63, 3.8) is 0 Å². The van der Waals surface area contributed by atoms with Gasteiger partial charge in [0.2, 0.25) is 5.91 Å². The number of nitrogens with two attached hydrogens (primary N) is 1. The van der Waals surface area contributed by atoms with Gasteiger partial charge in [0.05, 0.1) is 13.2 Å². The monoisotopic (exact) mass is 286 g/mol. The minimum absolute atomic E-state index is 0.102. The lowest BCUT2D eigenvalue weighted by Crippen LogP contribution is -2.49. The van der Waals surface area contributed by atoms with E-state index in [0.717, 1.165) is 0 Å². The van der Waals surface area contributed by atoms with Gasteiger partial charge in [-0.15, -0.1) is 0 Å². The van der Waals surface area contributed by atoms with Gasteiger partial charge in [-0.05, 0) is 19.8 Å². The Hall–Kier alpha value is -1.99. The number of carbonyl (C=O) groups excluding carboxylic acids is 2. The fourth-order valence-electron chi connectivity index (χ4n) is 2.19. The van der Waals surface area contributed by atoms with Crippen molar-refractivity contribution in [3.8, 4) is 0 Å². The summed E-state index contributed by atoms with van der Waals surface area (Å²) in [5.41, 5.74) is 4.60. The maximum Gasteiger partial charge on any atom is 0.407 e. The number of ether oxygens (including phenoxy) is 1. The number of nitrogens with one attached hydrogen (secondary N) is 1. The molecule has 0 saturated carbocycles. The Morgan fingerprint density at radius 3 is 2.75 bits per heavy atom. The van der Waals surface area contributed by atoms with E-state index in [1.54, 1.807) is 18.7 Å². The van der Waals surface area contributed by atoms with Gasteiger partial charge in [0, 0.05) is 13.1 Å². The predicted octanol–water partition coefficient (Wildman–Crippen LogP) is 0.106. The Kier molecular flexibility index (Phi) is 5.18. The molecule has 0 aromatic heterocycles. The van der Waals surface area contributed by atoms with Crippen molar-refractivity contribution in [2.75, 3.05) is 20.2 Å². The number of hydrogen-bond donors (Lipinski definition) is 3. The number of likely N-dealkylation sites (tertiary alicyclic amines) is 1. The minimum atomic E-state index is -1.03. The summed E-state index contributed by atoms with van der Waals surface area (Å²) in [6.45, 7) is 4.35. The Morgan fingerprint density at radius 1 is 1.60 bits per heavy atom. The fraction of sp³-hybridized carbons (Fsp3) is 0.750. The maximum absolute atomic E-state index is 12.5. The summed E-state index contributed by atoms with van der Waals surface area (Å²) in [5.74, 6) is -0.307. The van der Waals surface area contributed by atoms with Crippen LogP contribution >= 0.6 is 0 Å². The number of methoxy groups -OCH3 is 1. The first kappa shape index (κ1) is 16.1. The molecule has 0 spiro atoms. The van der Waals surface area contributed by atoms with Gasteiger partial charge >= 0.3 is 6.09 Å². The van der Waals surface area contributed by atoms with Crippen LogP contribution in [0.3, 0.4) is 0 Å². The molecular weight excluding hydrogens is 264 g/mol. The number of amidine groups is 1. The number of nitrogens with zero attached hydrogens (tertiary/aromatic N) is 2. The summed E-state index contributed by atoms with van der Waals surface area (Å²) in [6.07, 6.45) is 0.559. The van der Waals surface area contributed by atoms with Crippen LogP contribution in [0.15, 0.2) is 5.16 Å². The number of carbonyl (C=O) groups is 2. The largest absolute Gasteiger partial charge is 0.453 e. The first-order valence-corrected chi connectivity index (χ1v) is 6.50. The Morgan fingerprint density at radius 2 is 2.25 bits per heavy atom. The highest BCUT2D eigenvalue weighted by Crippen LogP contribution is 2.26. The van der Waals surface area contributed by atoms with Gasteiger partial charge in [0.25, 0.3) is 0 Å². The summed E-state index contributed by atoms with van der Waals surface area (Å²) in [7, 11) is 1.29. The third kappa shape index (κ3) is 3.12. The normalized spacial score (nSPS) is 22.2. The zero-order chi connectivity index (χ0) is 15.3. The molecule has 1 saturated heterocycles. The van der Waals surface area contributed by atoms with Crippen molar-refractivity contribution in [2.45, 2.75) is 32.7 Å². The van der Waals surface area contributed by atoms with Crippen molar-refractivity contribution in [1.82, 2.24) is 10.2 Å². The number of amides is 2. The summed E-state index contributed by atoms with van der Waals surface area (Å²) < 4.78 is 4.53. The van der Waals surface area contributed by atoms with Crippen LogP contribution in [0, 0.1) is 5.41 Å². The van der Waals surface area contributed by atoms with Crippen LogP contribution < -0.4 is 11.1 Å². The molecule has 2 amide bonds. The van der Waals surface area contributed by atoms with Crippen LogP contribution in [-0.2, 0) is 9.53 Å². The first-order valence-electron chi connectivity index (χ1n) is 6.50. The van der Waals surface area contributed by atoms with Crippen molar-refractivity contribution in [2.24, 2.45) is 16.3 Å². The molecule has 8 heteroatoms. The van der Waals surface area contributed by atoms with Crippen molar-refractivity contribution in [1.29, 1.82) is 0 Å². The molecule has 0 aromatic carbocycles. The minimum Gasteiger partial charge on any atom is -0.453 e. The second-order valence-electron chi connectivity index (χ2n) is 5.04. The van der Waals surface area contributed by atoms with Crippen LogP contribution in [0.2, 0.25) is 0 Å². The number of rotatable bonds is 4. The van der Waals surface area contributed by atoms with Crippen LogP contribution in [0.25, 0.3) is 0 Å². The first-order chi connectivity index (χ1) is 9.38. The number of alkyl carbamates (subject to hydrolysis) is 1. The molecule has 114 valence electrons. The third-order valence-corrected chi connectivity index (χ3v) is 3.84. The Bertz CT molecular complexity index is 412. The van der Waals surface area contributed by atoms with Crippen molar-refractivity contribution in [3.05, 3.63) is 0 Å². The molecule has 2 atom stereocenters. The predicted molar refractivity (Wildman–Crippen MR) is 72.3 cm³/mol. The lowest BCUT2D eigenvalue weighted by molar-refractivity contribution is -0.136. The highest BCUT2D eigenvalue weighted by atomic mass is 16.5. The van der Waals surface area contributed by atoms with Crippen molar-refractivity contribution < 1.29 is 19.5 Å². The second kappa shape index (κ2) is 6.44. The van der Waals surface area contributed by atoms with Gasteiger partial charge in [-0.25, -0.2) is 4.79 Å². The molecular formula is C12H22N4O4. The molecule has 1 heterocycles. The van der Waals surface area contributed by atoms with E-state index in [2.05, 4.69) is 15.2 Å². The van der Waals surface area contributed by atoms with Gasteiger partial charge in [-0.1, -0.05) is 12.1 Å². The zero-order valence-electron chi connectivity index (χ0n) is 12.0. The molecule has 0 aromatic rings. The van der Waals surface area contributed by atoms with E-state index in [1.807, 2.05) is 0 Å². The number of hydrogen-bond acceptors (Lipinski definition) is 5. The highest BCUT2D eigenvalue weighted by Gasteiger charge is 2.41. The van der Waals surface area contributed by atoms with E-state index in [1.165, 1.54) is 7.11 Å². The fourth-order valence-corrected chi connectivity index (χ4v) is 2.19. The summed E-state index contributed by atoms with van der Waals surface area (Å²) in [5, 5.41) is 14.4. The van der Waals surface area contributed by atoms with E-state index in [-0.39, 0.29) is 17.8 Å². The van der Waals surface area contributed by atoms with Crippen LogP contribution in [-0.4, -0.2) is 54.2 Å². The highest BCUT2D eigenvalue weighted by molar-refractivity contribution is 6.06. The molecule has 1 rings (SSSR count). The lowest BCUT2D eigenvalue weighted by Gasteiger charge is -2.30. The van der Waals surface area contributed by atoms with Crippen LogP contribution in [0.1, 0.15) is 26.7 Å². The van der Waals surface area contributed by atoms with Gasteiger partial charge < -0.3 is 25.9 Å². The molecule has 0 bridgehead atoms. The number of oxime groups is 1. The Labute approximate surface area is 117 Å². The topological polar surface area (TPSA) is 117 Å². The Balaban J connectivity index is 2.72. The molecule has 0 aliphatic carbocycles. The van der Waals surface area contributed by atoms with Gasteiger partial charge in [0.15, 0.2) is 5.84 Å². The summed E-state index contributed by atoms with van der Waals surface area (Å²) in [4.78, 5) is 25.3. The van der Waals surface area contributed by atoms with Gasteiger partial charge in [0.1, 0.15) is 5.41 Å². The molecule has 1 fully saturated rings. The SMILES string of the molecule is CCC(C)(C(=O)N1CCC(NC(=O)OC)C1)C(N)=NO. The van der Waals surface area contributed by atoms with Crippen molar-refractivity contribution >= 4 is 17.8 Å². The third-order valence-electron chi connectivity index (χ3n) is 3.84. The molecule has 4 N–H and O–H groups in total. The maximum atomic E-state index is 12.5. The van der Waals surface area contributed by atoms with E-state index in [4.69, 9.17) is 10.9 Å². The molecule has 2 unspecified atom stereocenters. The molecule has 8 nitrogen and oxygen atoms in total.